The summed E-state index contributed by atoms with van der Waals surface area (Å²) < 4.78 is 1.27. The maximum absolute atomic E-state index is 3.54. The molecule has 0 atom stereocenters. The molecule has 0 aliphatic rings. The van der Waals surface area contributed by atoms with Gasteiger partial charge in [0.25, 0.3) is 0 Å². The molecule has 0 aromatic carbocycles. The average molecular weight is 262 g/mol. The summed E-state index contributed by atoms with van der Waals surface area (Å²) in [5.41, 5.74) is 0. The monoisotopic (exact) mass is 261 g/mol. The van der Waals surface area contributed by atoms with Crippen molar-refractivity contribution in [3.63, 3.8) is 0 Å². The average Bonchev–Trinajstić information content (AvgIpc) is 2.45. The fraction of sp³-hybridized carbons (Fsp3) is 0.600. The fourth-order valence-corrected chi connectivity index (χ4v) is 2.74. The molecule has 0 fully saturated rings. The molecular formula is C10H16BrNS. The van der Waals surface area contributed by atoms with E-state index in [-0.39, 0.29) is 0 Å². The van der Waals surface area contributed by atoms with Crippen molar-refractivity contribution < 1.29 is 0 Å². The zero-order chi connectivity index (χ0) is 9.68. The Balaban J connectivity index is 2.17. The van der Waals surface area contributed by atoms with Gasteiger partial charge in [-0.25, -0.2) is 0 Å². The lowest BCUT2D eigenvalue weighted by Gasteiger charge is -2.06. The van der Waals surface area contributed by atoms with Gasteiger partial charge in [-0.05, 0) is 46.8 Å². The van der Waals surface area contributed by atoms with E-state index in [1.165, 1.54) is 22.2 Å². The van der Waals surface area contributed by atoms with Crippen LogP contribution < -0.4 is 5.32 Å². The molecule has 13 heavy (non-hydrogen) atoms. The molecule has 3 heteroatoms. The summed E-state index contributed by atoms with van der Waals surface area (Å²) in [5.74, 6) is 0. The highest BCUT2D eigenvalue weighted by Gasteiger charge is 2.00. The minimum Gasteiger partial charge on any atom is -0.315 e. The van der Waals surface area contributed by atoms with Crippen LogP contribution in [0.5, 0.6) is 0 Å². The molecule has 0 amide bonds. The third-order valence-corrected chi connectivity index (χ3v) is 3.81. The van der Waals surface area contributed by atoms with E-state index in [1.54, 1.807) is 0 Å². The van der Waals surface area contributed by atoms with E-state index in [2.05, 4.69) is 46.5 Å². The van der Waals surface area contributed by atoms with Gasteiger partial charge in [0.05, 0.1) is 0 Å². The summed E-state index contributed by atoms with van der Waals surface area (Å²) in [6.07, 6.45) is 2.40. The molecule has 1 aromatic rings. The number of aryl methyl sites for hydroxylation is 1. The molecule has 1 N–H and O–H groups in total. The Morgan fingerprint density at radius 2 is 2.31 bits per heavy atom. The van der Waals surface area contributed by atoms with Crippen LogP contribution in [0.2, 0.25) is 0 Å². The highest BCUT2D eigenvalue weighted by molar-refractivity contribution is 9.10. The van der Waals surface area contributed by atoms with Gasteiger partial charge in [0, 0.05) is 15.4 Å². The van der Waals surface area contributed by atoms with Crippen LogP contribution in [0.25, 0.3) is 0 Å². The molecule has 1 nitrogen and oxygen atoms in total. The zero-order valence-corrected chi connectivity index (χ0v) is 10.5. The van der Waals surface area contributed by atoms with Crippen LogP contribution in [0, 0.1) is 0 Å². The third-order valence-electron chi connectivity index (χ3n) is 1.82. The van der Waals surface area contributed by atoms with Crippen LogP contribution in [0.15, 0.2) is 15.9 Å². The highest BCUT2D eigenvalue weighted by Crippen LogP contribution is 2.23. The van der Waals surface area contributed by atoms with Gasteiger partial charge in [0.1, 0.15) is 0 Å². The van der Waals surface area contributed by atoms with Crippen molar-refractivity contribution in [2.24, 2.45) is 0 Å². The first-order valence-corrected chi connectivity index (χ1v) is 6.32. The molecule has 1 heterocycles. The van der Waals surface area contributed by atoms with E-state index in [1.807, 2.05) is 11.3 Å². The van der Waals surface area contributed by atoms with Crippen LogP contribution >= 0.6 is 27.3 Å². The SMILES string of the molecule is CC(C)NCCCc1sccc1Br. The van der Waals surface area contributed by atoms with Gasteiger partial charge in [0.15, 0.2) is 0 Å². The molecule has 0 radical (unpaired) electrons. The fourth-order valence-electron chi connectivity index (χ4n) is 1.14. The predicted molar refractivity (Wildman–Crippen MR) is 63.5 cm³/mol. The van der Waals surface area contributed by atoms with Crippen LogP contribution in [0.1, 0.15) is 25.1 Å². The van der Waals surface area contributed by atoms with Crippen molar-refractivity contribution in [3.8, 4) is 0 Å². The number of thiophene rings is 1. The quantitative estimate of drug-likeness (QED) is 0.801. The van der Waals surface area contributed by atoms with E-state index in [0.717, 1.165) is 6.54 Å². The number of nitrogens with one attached hydrogen (secondary N) is 1. The smallest absolute Gasteiger partial charge is 0.0314 e. The molecule has 1 rings (SSSR count). The largest absolute Gasteiger partial charge is 0.315 e. The molecule has 0 saturated carbocycles. The van der Waals surface area contributed by atoms with Crippen molar-refractivity contribution in [3.05, 3.63) is 20.8 Å². The minimum absolute atomic E-state index is 0.603. The Hall–Kier alpha value is 0.140. The summed E-state index contributed by atoms with van der Waals surface area (Å²) in [6.45, 7) is 5.48. The van der Waals surface area contributed by atoms with Crippen molar-refractivity contribution in [2.75, 3.05) is 6.54 Å². The van der Waals surface area contributed by atoms with Crippen molar-refractivity contribution >= 4 is 27.3 Å². The number of hydrogen-bond acceptors (Lipinski definition) is 2. The Bertz CT molecular complexity index is 245. The van der Waals surface area contributed by atoms with E-state index >= 15 is 0 Å². The van der Waals surface area contributed by atoms with Gasteiger partial charge in [-0.3, -0.25) is 0 Å². The van der Waals surface area contributed by atoms with Gasteiger partial charge in [-0.2, -0.15) is 0 Å². The molecule has 0 saturated heterocycles. The Morgan fingerprint density at radius 1 is 1.54 bits per heavy atom. The summed E-state index contributed by atoms with van der Waals surface area (Å²) in [6, 6.07) is 2.72. The first kappa shape index (κ1) is 11.2. The second kappa shape index (κ2) is 5.78. The van der Waals surface area contributed by atoms with Gasteiger partial charge in [-0.1, -0.05) is 13.8 Å². The molecular weight excluding hydrogens is 246 g/mol. The Kier molecular flexibility index (Phi) is 4.99. The molecule has 0 aliphatic carbocycles. The molecule has 0 bridgehead atoms. The van der Waals surface area contributed by atoms with Gasteiger partial charge in [0.2, 0.25) is 0 Å². The molecule has 74 valence electrons. The van der Waals surface area contributed by atoms with Crippen LogP contribution in [-0.4, -0.2) is 12.6 Å². The van der Waals surface area contributed by atoms with Gasteiger partial charge < -0.3 is 5.32 Å². The number of halogens is 1. The maximum Gasteiger partial charge on any atom is 0.0314 e. The summed E-state index contributed by atoms with van der Waals surface area (Å²) in [5, 5.41) is 5.55. The summed E-state index contributed by atoms with van der Waals surface area (Å²) >= 11 is 5.37. The van der Waals surface area contributed by atoms with Crippen molar-refractivity contribution in [1.29, 1.82) is 0 Å². The topological polar surface area (TPSA) is 12.0 Å². The third kappa shape index (κ3) is 4.25. The normalized spacial score (nSPS) is 11.1. The van der Waals surface area contributed by atoms with Crippen LogP contribution in [-0.2, 0) is 6.42 Å². The zero-order valence-electron chi connectivity index (χ0n) is 8.14. The predicted octanol–water partition coefficient (Wildman–Crippen LogP) is 3.44. The molecule has 0 unspecified atom stereocenters. The van der Waals surface area contributed by atoms with Crippen molar-refractivity contribution in [2.45, 2.75) is 32.7 Å². The van der Waals surface area contributed by atoms with Crippen LogP contribution in [0.3, 0.4) is 0 Å². The van der Waals surface area contributed by atoms with E-state index < -0.39 is 0 Å². The highest BCUT2D eigenvalue weighted by atomic mass is 79.9. The minimum atomic E-state index is 0.603. The molecule has 0 spiro atoms. The second-order valence-corrected chi connectivity index (χ2v) is 5.26. The number of hydrogen-bond donors (Lipinski definition) is 1. The van der Waals surface area contributed by atoms with Crippen LogP contribution in [0.4, 0.5) is 0 Å². The van der Waals surface area contributed by atoms with Gasteiger partial charge in [-0.15, -0.1) is 11.3 Å². The lowest BCUT2D eigenvalue weighted by molar-refractivity contribution is 0.571. The van der Waals surface area contributed by atoms with E-state index in [9.17, 15) is 0 Å². The van der Waals surface area contributed by atoms with E-state index in [4.69, 9.17) is 0 Å². The number of rotatable bonds is 5. The first-order chi connectivity index (χ1) is 6.20. The molecule has 1 aromatic heterocycles. The van der Waals surface area contributed by atoms with Gasteiger partial charge >= 0.3 is 0 Å². The summed E-state index contributed by atoms with van der Waals surface area (Å²) in [7, 11) is 0. The maximum atomic E-state index is 3.54. The summed E-state index contributed by atoms with van der Waals surface area (Å²) in [4.78, 5) is 1.46. The Labute approximate surface area is 92.7 Å². The Morgan fingerprint density at radius 3 is 2.85 bits per heavy atom. The lowest BCUT2D eigenvalue weighted by atomic mass is 10.2. The van der Waals surface area contributed by atoms with Crippen molar-refractivity contribution in [1.82, 2.24) is 5.32 Å². The van der Waals surface area contributed by atoms with E-state index in [0.29, 0.717) is 6.04 Å². The first-order valence-electron chi connectivity index (χ1n) is 4.65. The second-order valence-electron chi connectivity index (χ2n) is 3.40. The lowest BCUT2D eigenvalue weighted by Crippen LogP contribution is -2.23. The molecule has 0 aliphatic heterocycles. The standard InChI is InChI=1S/C10H16BrNS/c1-8(2)12-6-3-4-10-9(11)5-7-13-10/h5,7-8,12H,3-4,6H2,1-2H3.